The summed E-state index contributed by atoms with van der Waals surface area (Å²) in [6, 6.07) is 4.57. The number of carbonyl (C=O) groups excluding carboxylic acids is 1. The van der Waals surface area contributed by atoms with Crippen LogP contribution in [0.5, 0.6) is 0 Å². The van der Waals surface area contributed by atoms with Crippen LogP contribution in [0.1, 0.15) is 36.9 Å². The lowest BCUT2D eigenvalue weighted by Crippen LogP contribution is -2.43. The van der Waals surface area contributed by atoms with Gasteiger partial charge in [0.25, 0.3) is 0 Å². The van der Waals surface area contributed by atoms with Crippen molar-refractivity contribution < 1.29 is 9.53 Å². The average Bonchev–Trinajstić information content (AvgIpc) is 2.81. The van der Waals surface area contributed by atoms with Gasteiger partial charge in [0.15, 0.2) is 5.96 Å². The fourth-order valence-electron chi connectivity index (χ4n) is 1.98. The minimum Gasteiger partial charge on any atom is -0.463 e. The molecule has 0 saturated heterocycles. The lowest BCUT2D eigenvalue weighted by molar-refractivity contribution is -0.147. The predicted molar refractivity (Wildman–Crippen MR) is 108 cm³/mol. The molecule has 132 valence electrons. The van der Waals surface area contributed by atoms with E-state index >= 15 is 0 Å². The number of hydrogen-bond acceptors (Lipinski definition) is 4. The summed E-state index contributed by atoms with van der Waals surface area (Å²) in [4.78, 5) is 18.3. The number of thiophene rings is 1. The summed E-state index contributed by atoms with van der Waals surface area (Å²) in [7, 11) is 1.73. The van der Waals surface area contributed by atoms with Crippen LogP contribution in [-0.4, -0.2) is 37.7 Å². The fourth-order valence-corrected chi connectivity index (χ4v) is 3.00. The Morgan fingerprint density at radius 2 is 2.04 bits per heavy atom. The van der Waals surface area contributed by atoms with E-state index in [4.69, 9.17) is 4.74 Å². The first-order valence-corrected chi connectivity index (χ1v) is 8.44. The zero-order valence-electron chi connectivity index (χ0n) is 14.5. The molecule has 0 aromatic carbocycles. The monoisotopic (exact) mass is 453 g/mol. The summed E-state index contributed by atoms with van der Waals surface area (Å²) in [5, 5.41) is 6.47. The number of halogens is 1. The largest absolute Gasteiger partial charge is 0.463 e. The van der Waals surface area contributed by atoms with Gasteiger partial charge in [0, 0.05) is 35.8 Å². The topological polar surface area (TPSA) is 62.7 Å². The van der Waals surface area contributed by atoms with E-state index in [-0.39, 0.29) is 42.1 Å². The Hall–Kier alpha value is -0.830. The van der Waals surface area contributed by atoms with Gasteiger partial charge in [-0.2, -0.15) is 0 Å². The van der Waals surface area contributed by atoms with Crippen LogP contribution in [-0.2, 0) is 16.0 Å². The second-order valence-electron chi connectivity index (χ2n) is 5.55. The molecule has 0 amide bonds. The molecule has 1 atom stereocenters. The molecule has 1 heterocycles. The van der Waals surface area contributed by atoms with Crippen LogP contribution in [0.4, 0.5) is 0 Å². The lowest BCUT2D eigenvalue weighted by atomic mass is 10.2. The molecule has 0 fully saturated rings. The van der Waals surface area contributed by atoms with Crippen molar-refractivity contribution in [3.63, 3.8) is 0 Å². The van der Waals surface area contributed by atoms with Gasteiger partial charge in [0.1, 0.15) is 0 Å². The molecule has 1 aromatic heterocycles. The third-order valence-corrected chi connectivity index (χ3v) is 3.92. The molecule has 23 heavy (non-hydrogen) atoms. The number of nitrogens with zero attached hydrogens (tertiary/aromatic N) is 1. The summed E-state index contributed by atoms with van der Waals surface area (Å²) >= 11 is 1.82. The Kier molecular flexibility index (Phi) is 11.2. The molecule has 7 heteroatoms. The standard InChI is InChI=1S/C16H27N3O2S.HI/c1-11(2)21-15(20)8-9-18-16(17-5)19-12(3)10-14-7-6-13(4)22-14;/h6-7,11-12H,8-10H2,1-5H3,(H2,17,18,19);1H. The molecule has 5 nitrogen and oxygen atoms in total. The maximum Gasteiger partial charge on any atom is 0.307 e. The van der Waals surface area contributed by atoms with Crippen molar-refractivity contribution in [2.75, 3.05) is 13.6 Å². The lowest BCUT2D eigenvalue weighted by Gasteiger charge is -2.17. The summed E-state index contributed by atoms with van der Waals surface area (Å²) < 4.78 is 5.09. The first-order valence-electron chi connectivity index (χ1n) is 7.62. The van der Waals surface area contributed by atoms with E-state index in [9.17, 15) is 4.79 Å². The molecular formula is C16H28IN3O2S. The molecule has 0 bridgehead atoms. The van der Waals surface area contributed by atoms with E-state index < -0.39 is 0 Å². The van der Waals surface area contributed by atoms with E-state index in [1.165, 1.54) is 9.75 Å². The van der Waals surface area contributed by atoms with Gasteiger partial charge < -0.3 is 15.4 Å². The van der Waals surface area contributed by atoms with Gasteiger partial charge in [-0.25, -0.2) is 0 Å². The van der Waals surface area contributed by atoms with Gasteiger partial charge >= 0.3 is 5.97 Å². The van der Waals surface area contributed by atoms with Crippen LogP contribution in [0.3, 0.4) is 0 Å². The molecule has 0 saturated carbocycles. The highest BCUT2D eigenvalue weighted by atomic mass is 127. The molecule has 0 radical (unpaired) electrons. The van der Waals surface area contributed by atoms with Crippen LogP contribution in [0.2, 0.25) is 0 Å². The van der Waals surface area contributed by atoms with Crippen LogP contribution in [0, 0.1) is 6.92 Å². The number of hydrogen-bond donors (Lipinski definition) is 2. The molecule has 0 spiro atoms. The van der Waals surface area contributed by atoms with Crippen LogP contribution >= 0.6 is 35.3 Å². The first kappa shape index (κ1) is 22.2. The normalized spacial score (nSPS) is 12.5. The minimum atomic E-state index is -0.194. The van der Waals surface area contributed by atoms with E-state index in [0.29, 0.717) is 18.9 Å². The molecule has 0 aliphatic carbocycles. The van der Waals surface area contributed by atoms with Gasteiger partial charge in [-0.1, -0.05) is 0 Å². The maximum atomic E-state index is 11.5. The number of rotatable bonds is 7. The van der Waals surface area contributed by atoms with Gasteiger partial charge in [-0.15, -0.1) is 35.3 Å². The van der Waals surface area contributed by atoms with Gasteiger partial charge in [0.2, 0.25) is 0 Å². The fraction of sp³-hybridized carbons (Fsp3) is 0.625. The van der Waals surface area contributed by atoms with Gasteiger partial charge in [-0.3, -0.25) is 9.79 Å². The van der Waals surface area contributed by atoms with Crippen molar-refractivity contribution in [1.82, 2.24) is 10.6 Å². The number of aliphatic imine (C=N–C) groups is 1. The first-order chi connectivity index (χ1) is 10.4. The van der Waals surface area contributed by atoms with E-state index in [1.54, 1.807) is 7.05 Å². The molecule has 1 aromatic rings. The van der Waals surface area contributed by atoms with Crippen LogP contribution in [0.25, 0.3) is 0 Å². The summed E-state index contributed by atoms with van der Waals surface area (Å²) in [5.41, 5.74) is 0. The van der Waals surface area contributed by atoms with Gasteiger partial charge in [-0.05, 0) is 39.8 Å². The molecule has 1 rings (SSSR count). The second-order valence-corrected chi connectivity index (χ2v) is 6.92. The quantitative estimate of drug-likeness (QED) is 0.288. The van der Waals surface area contributed by atoms with E-state index in [2.05, 4.69) is 41.6 Å². The molecule has 0 aliphatic heterocycles. The van der Waals surface area contributed by atoms with Crippen molar-refractivity contribution >= 4 is 47.2 Å². The molecule has 1 unspecified atom stereocenters. The van der Waals surface area contributed by atoms with Crippen molar-refractivity contribution in [2.45, 2.75) is 52.7 Å². The predicted octanol–water partition coefficient (Wildman–Crippen LogP) is 3.11. The van der Waals surface area contributed by atoms with Gasteiger partial charge in [0.05, 0.1) is 12.5 Å². The number of guanidine groups is 1. The number of esters is 1. The third kappa shape index (κ3) is 9.80. The highest BCUT2D eigenvalue weighted by Gasteiger charge is 2.09. The van der Waals surface area contributed by atoms with E-state index in [1.807, 2.05) is 25.2 Å². The smallest absolute Gasteiger partial charge is 0.307 e. The Labute approximate surface area is 160 Å². The molecule has 0 aliphatic rings. The zero-order chi connectivity index (χ0) is 16.5. The van der Waals surface area contributed by atoms with Crippen molar-refractivity contribution in [3.05, 3.63) is 21.9 Å². The Balaban J connectivity index is 0.00000484. The summed E-state index contributed by atoms with van der Waals surface area (Å²) in [5.74, 6) is 0.512. The summed E-state index contributed by atoms with van der Waals surface area (Å²) in [6.45, 7) is 8.44. The third-order valence-electron chi connectivity index (χ3n) is 2.90. The molecule has 2 N–H and O–H groups in total. The van der Waals surface area contributed by atoms with Crippen molar-refractivity contribution in [1.29, 1.82) is 0 Å². The summed E-state index contributed by atoms with van der Waals surface area (Å²) in [6.07, 6.45) is 1.21. The number of ether oxygens (including phenoxy) is 1. The maximum absolute atomic E-state index is 11.5. The highest BCUT2D eigenvalue weighted by Crippen LogP contribution is 2.16. The minimum absolute atomic E-state index is 0. The number of carbonyl (C=O) groups is 1. The highest BCUT2D eigenvalue weighted by molar-refractivity contribution is 14.0. The zero-order valence-corrected chi connectivity index (χ0v) is 17.7. The van der Waals surface area contributed by atoms with Crippen LogP contribution in [0.15, 0.2) is 17.1 Å². The molecular weight excluding hydrogens is 425 g/mol. The number of nitrogens with one attached hydrogen (secondary N) is 2. The SMILES string of the molecule is CN=C(NCCC(=O)OC(C)C)NC(C)Cc1ccc(C)s1.I. The second kappa shape index (κ2) is 11.7. The average molecular weight is 453 g/mol. The number of aryl methyl sites for hydroxylation is 1. The van der Waals surface area contributed by atoms with Crippen molar-refractivity contribution in [2.24, 2.45) is 4.99 Å². The Morgan fingerprint density at radius 3 is 2.57 bits per heavy atom. The Bertz CT molecular complexity index is 503. The van der Waals surface area contributed by atoms with Crippen LogP contribution < -0.4 is 10.6 Å². The Morgan fingerprint density at radius 1 is 1.35 bits per heavy atom. The van der Waals surface area contributed by atoms with E-state index in [0.717, 1.165) is 6.42 Å². The van der Waals surface area contributed by atoms with Crippen molar-refractivity contribution in [3.8, 4) is 0 Å².